The molecule has 1 heterocycles. The van der Waals surface area contributed by atoms with Gasteiger partial charge in [0.2, 0.25) is 0 Å². The Morgan fingerprint density at radius 1 is 0.857 bits per heavy atom. The third-order valence-electron chi connectivity index (χ3n) is 3.85. The number of hydrogen-bond donors (Lipinski definition) is 1. The minimum absolute atomic E-state index is 0.0164. The van der Waals surface area contributed by atoms with E-state index < -0.39 is 22.8 Å². The molecule has 0 bridgehead atoms. The summed E-state index contributed by atoms with van der Waals surface area (Å²) < 4.78 is 9.05. The Morgan fingerprint density at radius 3 is 1.96 bits per heavy atom. The zero-order valence-electron chi connectivity index (χ0n) is 14.9. The number of benzene rings is 2. The van der Waals surface area contributed by atoms with Gasteiger partial charge in [-0.2, -0.15) is 4.79 Å². The Hall–Kier alpha value is -3.78. The highest BCUT2D eigenvalue weighted by atomic mass is 16.6. The molecule has 2 aromatic rings. The lowest BCUT2D eigenvalue weighted by molar-refractivity contribution is -0.725. The maximum Gasteiger partial charge on any atom is 0.558 e. The molecular weight excluding hydrogens is 362 g/mol. The van der Waals surface area contributed by atoms with Crippen LogP contribution in [-0.2, 0) is 22.7 Å². The summed E-state index contributed by atoms with van der Waals surface area (Å²) in [5.41, 5.74) is 1.51. The maximum absolute atomic E-state index is 12.5. The zero-order chi connectivity index (χ0) is 19.8. The molecule has 0 saturated carbocycles. The first-order chi connectivity index (χ1) is 13.6. The monoisotopic (exact) mass is 380 g/mol. The van der Waals surface area contributed by atoms with Crippen LogP contribution in [-0.4, -0.2) is 29.0 Å². The van der Waals surface area contributed by atoms with E-state index in [9.17, 15) is 14.4 Å². The van der Waals surface area contributed by atoms with Crippen LogP contribution in [0.25, 0.3) is 0 Å². The predicted octanol–water partition coefficient (Wildman–Crippen LogP) is 3.70. The van der Waals surface area contributed by atoms with Gasteiger partial charge in [-0.25, -0.2) is 14.9 Å². The second-order valence-corrected chi connectivity index (χ2v) is 5.82. The van der Waals surface area contributed by atoms with E-state index in [4.69, 9.17) is 9.47 Å². The van der Waals surface area contributed by atoms with Gasteiger partial charge in [0.15, 0.2) is 0 Å². The summed E-state index contributed by atoms with van der Waals surface area (Å²) in [7, 11) is 0. The number of alkyl carbamates (subject to hydrolysis) is 1. The fraction of sp³-hybridized carbons (Fsp3) is 0.100. The first-order valence-electron chi connectivity index (χ1n) is 8.46. The van der Waals surface area contributed by atoms with Gasteiger partial charge in [0.25, 0.3) is 0 Å². The van der Waals surface area contributed by atoms with E-state index in [1.165, 1.54) is 18.5 Å². The Morgan fingerprint density at radius 2 is 1.43 bits per heavy atom. The molecule has 8 heteroatoms. The van der Waals surface area contributed by atoms with Crippen LogP contribution >= 0.6 is 0 Å². The van der Waals surface area contributed by atoms with Crippen LogP contribution in [0.5, 0.6) is 0 Å². The molecule has 0 fully saturated rings. The topological polar surface area (TPSA) is 94.1 Å². The minimum Gasteiger partial charge on any atom is -0.444 e. The van der Waals surface area contributed by atoms with E-state index in [0.717, 1.165) is 11.1 Å². The van der Waals surface area contributed by atoms with E-state index in [0.29, 0.717) is 0 Å². The van der Waals surface area contributed by atoms with Crippen molar-refractivity contribution in [2.24, 2.45) is 5.10 Å². The third-order valence-corrected chi connectivity index (χ3v) is 3.85. The highest BCUT2D eigenvalue weighted by Crippen LogP contribution is 2.19. The van der Waals surface area contributed by atoms with E-state index in [-0.39, 0.29) is 13.2 Å². The van der Waals surface area contributed by atoms with Crippen LogP contribution in [0.4, 0.5) is 14.4 Å². The van der Waals surface area contributed by atoms with Gasteiger partial charge < -0.3 is 9.47 Å². The van der Waals surface area contributed by atoms with Crippen LogP contribution in [0.2, 0.25) is 0 Å². The van der Waals surface area contributed by atoms with Gasteiger partial charge in [-0.3, -0.25) is 0 Å². The van der Waals surface area contributed by atoms with Gasteiger partial charge >= 0.3 is 18.2 Å². The van der Waals surface area contributed by atoms with Crippen molar-refractivity contribution in [2.45, 2.75) is 13.2 Å². The number of ether oxygens (including phenoxy) is 2. The lowest BCUT2D eigenvalue weighted by Crippen LogP contribution is -2.54. The van der Waals surface area contributed by atoms with Gasteiger partial charge in [0.1, 0.15) is 19.4 Å². The number of carbonyl (C=O) groups excluding carboxylic acids is 3. The number of carbonyl (C=O) groups is 3. The molecule has 0 radical (unpaired) electrons. The molecule has 1 atom stereocenters. The molecule has 8 nitrogen and oxygen atoms in total. The van der Waals surface area contributed by atoms with Crippen molar-refractivity contribution in [1.82, 2.24) is 5.32 Å². The number of hydrogen-bond acceptors (Lipinski definition) is 6. The normalized spacial score (nSPS) is 17.1. The number of quaternary nitrogens is 1. The van der Waals surface area contributed by atoms with E-state index in [2.05, 4.69) is 5.10 Å². The van der Waals surface area contributed by atoms with Crippen LogP contribution in [0.1, 0.15) is 11.1 Å². The van der Waals surface area contributed by atoms with Gasteiger partial charge in [-0.15, -0.1) is 0 Å². The maximum atomic E-state index is 12.5. The van der Waals surface area contributed by atoms with Crippen molar-refractivity contribution in [3.8, 4) is 0 Å². The SMILES string of the molecule is O=C(NC(=O)[N+]1(C(=O)OCc2ccccc2)C=CC=N1)OCc1ccccc1. The number of urea groups is 1. The summed E-state index contributed by atoms with van der Waals surface area (Å²) in [6.45, 7) is -0.0493. The summed E-state index contributed by atoms with van der Waals surface area (Å²) in [5.74, 6) is 0. The van der Waals surface area contributed by atoms with Gasteiger partial charge in [-0.05, 0) is 11.1 Å². The lowest BCUT2D eigenvalue weighted by atomic mass is 10.2. The van der Waals surface area contributed by atoms with E-state index in [1.54, 1.807) is 48.5 Å². The molecule has 1 aliphatic rings. The van der Waals surface area contributed by atoms with Gasteiger partial charge in [0, 0.05) is 10.7 Å². The summed E-state index contributed by atoms with van der Waals surface area (Å²) in [4.78, 5) is 37.0. The van der Waals surface area contributed by atoms with Gasteiger partial charge in [0.05, 0.1) is 6.21 Å². The van der Waals surface area contributed by atoms with E-state index in [1.807, 2.05) is 17.4 Å². The summed E-state index contributed by atoms with van der Waals surface area (Å²) >= 11 is 0. The standard InChI is InChI=1S/C20H17N3O5/c24-18(22-19(25)27-14-16-8-3-1-4-9-16)23(13-7-12-21-23)20(26)28-15-17-10-5-2-6-11-17/h1-13H,14-15H2/p+1. The van der Waals surface area contributed by atoms with Crippen LogP contribution in [0.15, 0.2) is 78.0 Å². The molecule has 4 amide bonds. The molecule has 1 aliphatic heterocycles. The van der Waals surface area contributed by atoms with Crippen LogP contribution in [0, 0.1) is 0 Å². The Labute approximate surface area is 161 Å². The Balaban J connectivity index is 1.59. The predicted molar refractivity (Wildman–Crippen MR) is 99.7 cm³/mol. The Kier molecular flexibility index (Phi) is 5.93. The molecule has 1 unspecified atom stereocenters. The average molecular weight is 380 g/mol. The fourth-order valence-corrected chi connectivity index (χ4v) is 2.41. The number of rotatable bonds is 4. The average Bonchev–Trinajstić information content (AvgIpc) is 3.23. The lowest BCUT2D eigenvalue weighted by Gasteiger charge is -2.19. The van der Waals surface area contributed by atoms with Crippen molar-refractivity contribution < 1.29 is 28.4 Å². The summed E-state index contributed by atoms with van der Waals surface area (Å²) in [6, 6.07) is 17.0. The van der Waals surface area contributed by atoms with Gasteiger partial charge in [-0.1, -0.05) is 65.8 Å². The van der Waals surface area contributed by atoms with Crippen LogP contribution < -0.4 is 5.32 Å². The second-order valence-electron chi connectivity index (χ2n) is 5.82. The number of allylic oxidation sites excluding steroid dienone is 1. The van der Waals surface area contributed by atoms with Crippen molar-refractivity contribution in [2.75, 3.05) is 0 Å². The van der Waals surface area contributed by atoms with Crippen molar-refractivity contribution in [3.05, 3.63) is 84.1 Å². The number of amides is 4. The second kappa shape index (κ2) is 8.74. The first-order valence-corrected chi connectivity index (χ1v) is 8.46. The molecule has 0 saturated heterocycles. The molecule has 0 aliphatic carbocycles. The first kappa shape index (κ1) is 19.0. The summed E-state index contributed by atoms with van der Waals surface area (Å²) in [6.07, 6.45) is 1.98. The molecule has 2 aromatic carbocycles. The molecule has 28 heavy (non-hydrogen) atoms. The van der Waals surface area contributed by atoms with Crippen LogP contribution in [0.3, 0.4) is 0 Å². The quantitative estimate of drug-likeness (QED) is 0.816. The summed E-state index contributed by atoms with van der Waals surface area (Å²) in [5, 5.41) is 5.88. The highest BCUT2D eigenvalue weighted by Gasteiger charge is 2.49. The largest absolute Gasteiger partial charge is 0.558 e. The number of imide groups is 2. The molecule has 142 valence electrons. The van der Waals surface area contributed by atoms with E-state index >= 15 is 0 Å². The number of nitrogens with one attached hydrogen (secondary N) is 1. The molecule has 3 rings (SSSR count). The zero-order valence-corrected chi connectivity index (χ0v) is 14.9. The molecular formula is C20H18N3O5+. The number of nitrogens with zero attached hydrogens (tertiary/aromatic N) is 2. The van der Waals surface area contributed by atoms with Crippen molar-refractivity contribution in [1.29, 1.82) is 0 Å². The molecule has 0 spiro atoms. The Bertz CT molecular complexity index is 898. The smallest absolute Gasteiger partial charge is 0.444 e. The van der Waals surface area contributed by atoms with Crippen molar-refractivity contribution >= 4 is 24.4 Å². The fourth-order valence-electron chi connectivity index (χ4n) is 2.41. The molecule has 0 aromatic heterocycles. The van der Waals surface area contributed by atoms with Crippen molar-refractivity contribution in [3.63, 3.8) is 0 Å². The third kappa shape index (κ3) is 4.49. The minimum atomic E-state index is -1.16. The highest BCUT2D eigenvalue weighted by molar-refractivity contribution is 5.93. The molecule has 1 N–H and O–H groups in total.